The Bertz CT molecular complexity index is 779. The molecule has 0 radical (unpaired) electrons. The van der Waals surface area contributed by atoms with Gasteiger partial charge < -0.3 is 9.64 Å². The number of aromatic nitrogens is 1. The van der Waals surface area contributed by atoms with E-state index in [1.807, 2.05) is 48.7 Å². The third-order valence-corrected chi connectivity index (χ3v) is 3.78. The van der Waals surface area contributed by atoms with Crippen molar-refractivity contribution < 1.29 is 4.74 Å². The van der Waals surface area contributed by atoms with Gasteiger partial charge in [0.25, 0.3) is 0 Å². The minimum Gasteiger partial charge on any atom is -0.464 e. The van der Waals surface area contributed by atoms with Crippen molar-refractivity contribution >= 4 is 16.6 Å². The normalized spacial score (nSPS) is 17.1. The van der Waals surface area contributed by atoms with Crippen LogP contribution in [0, 0.1) is 0 Å². The number of rotatable bonds is 1. The molecule has 1 aliphatic heterocycles. The van der Waals surface area contributed by atoms with Gasteiger partial charge >= 0.3 is 0 Å². The molecule has 2 aromatic carbocycles. The summed E-state index contributed by atoms with van der Waals surface area (Å²) >= 11 is 0. The summed E-state index contributed by atoms with van der Waals surface area (Å²) in [5.74, 6) is 0.931. The lowest BCUT2D eigenvalue weighted by molar-refractivity contribution is 0.237. The van der Waals surface area contributed by atoms with E-state index in [4.69, 9.17) is 4.74 Å². The summed E-state index contributed by atoms with van der Waals surface area (Å²) in [6.45, 7) is 0. The maximum atomic E-state index is 6.11. The number of nitrogens with zero attached hydrogens (tertiary/aromatic N) is 2. The lowest BCUT2D eigenvalue weighted by Crippen LogP contribution is -2.22. The van der Waals surface area contributed by atoms with Gasteiger partial charge in [-0.25, -0.2) is 0 Å². The van der Waals surface area contributed by atoms with Gasteiger partial charge in [0.1, 0.15) is 5.75 Å². The van der Waals surface area contributed by atoms with Gasteiger partial charge in [0.2, 0.25) is 0 Å². The molecule has 1 atom stereocenters. The predicted molar refractivity (Wildman–Crippen MR) is 80.0 cm³/mol. The number of hydrogen-bond acceptors (Lipinski definition) is 3. The van der Waals surface area contributed by atoms with Crippen molar-refractivity contribution in [3.05, 3.63) is 66.4 Å². The molecule has 3 aromatic rings. The van der Waals surface area contributed by atoms with Gasteiger partial charge in [0.05, 0.1) is 11.2 Å². The Morgan fingerprint density at radius 1 is 1.00 bits per heavy atom. The van der Waals surface area contributed by atoms with Gasteiger partial charge in [-0.1, -0.05) is 30.3 Å². The fourth-order valence-corrected chi connectivity index (χ4v) is 2.78. The smallest absolute Gasteiger partial charge is 0.199 e. The number of ether oxygens (including phenoxy) is 1. The van der Waals surface area contributed by atoms with Crippen LogP contribution in [0.3, 0.4) is 0 Å². The number of fused-ring (bicyclic) bond motifs is 2. The minimum atomic E-state index is -0.0969. The quantitative estimate of drug-likeness (QED) is 0.667. The summed E-state index contributed by atoms with van der Waals surface area (Å²) in [6.07, 6.45) is 1.75. The van der Waals surface area contributed by atoms with E-state index in [2.05, 4.69) is 29.1 Å². The Morgan fingerprint density at radius 2 is 1.80 bits per heavy atom. The molecule has 0 aliphatic carbocycles. The topological polar surface area (TPSA) is 25.4 Å². The second-order valence-corrected chi connectivity index (χ2v) is 4.97. The van der Waals surface area contributed by atoms with Gasteiger partial charge in [0, 0.05) is 24.2 Å². The second kappa shape index (κ2) is 4.23. The highest BCUT2D eigenvalue weighted by Crippen LogP contribution is 2.43. The van der Waals surface area contributed by atoms with E-state index in [-0.39, 0.29) is 6.23 Å². The highest BCUT2D eigenvalue weighted by atomic mass is 16.5. The van der Waals surface area contributed by atoms with Crippen LogP contribution in [0.15, 0.2) is 60.8 Å². The van der Waals surface area contributed by atoms with Crippen LogP contribution >= 0.6 is 0 Å². The summed E-state index contributed by atoms with van der Waals surface area (Å²) < 4.78 is 6.11. The number of anilines is 1. The van der Waals surface area contributed by atoms with Crippen molar-refractivity contribution in [3.63, 3.8) is 0 Å². The fraction of sp³-hybridized carbons (Fsp3) is 0.118. The van der Waals surface area contributed by atoms with E-state index in [1.165, 1.54) is 0 Å². The van der Waals surface area contributed by atoms with Crippen LogP contribution < -0.4 is 9.64 Å². The largest absolute Gasteiger partial charge is 0.464 e. The zero-order chi connectivity index (χ0) is 13.5. The maximum Gasteiger partial charge on any atom is 0.199 e. The highest BCUT2D eigenvalue weighted by molar-refractivity contribution is 5.83. The first-order valence-corrected chi connectivity index (χ1v) is 6.67. The molecule has 2 heterocycles. The first-order valence-electron chi connectivity index (χ1n) is 6.67. The van der Waals surface area contributed by atoms with Crippen LogP contribution in [-0.4, -0.2) is 12.0 Å². The third kappa shape index (κ3) is 1.56. The number of benzene rings is 2. The molecule has 0 amide bonds. The van der Waals surface area contributed by atoms with Gasteiger partial charge in [-0.05, 0) is 24.3 Å². The van der Waals surface area contributed by atoms with Gasteiger partial charge in [0.15, 0.2) is 6.23 Å². The summed E-state index contributed by atoms with van der Waals surface area (Å²) in [5.41, 5.74) is 3.27. The molecule has 0 saturated carbocycles. The van der Waals surface area contributed by atoms with Crippen LogP contribution in [0.5, 0.6) is 5.75 Å². The molecular weight excluding hydrogens is 248 g/mol. The molecule has 98 valence electrons. The molecule has 20 heavy (non-hydrogen) atoms. The SMILES string of the molecule is CN1c2ccccc2OC1c1ccnc2ccccc12. The first kappa shape index (κ1) is 11.3. The van der Waals surface area contributed by atoms with Crippen molar-refractivity contribution in [3.8, 4) is 5.75 Å². The second-order valence-electron chi connectivity index (χ2n) is 4.97. The number of pyridine rings is 1. The Morgan fingerprint density at radius 3 is 2.70 bits per heavy atom. The first-order chi connectivity index (χ1) is 9.84. The summed E-state index contributed by atoms with van der Waals surface area (Å²) in [6, 6.07) is 18.3. The molecule has 1 unspecified atom stereocenters. The zero-order valence-electron chi connectivity index (χ0n) is 11.2. The number of para-hydroxylation sites is 3. The predicted octanol–water partition coefficient (Wildman–Crippen LogP) is 3.76. The molecule has 1 aliphatic rings. The lowest BCUT2D eigenvalue weighted by Gasteiger charge is -2.21. The molecule has 3 heteroatoms. The van der Waals surface area contributed by atoms with Crippen LogP contribution in [0.2, 0.25) is 0 Å². The molecule has 0 fully saturated rings. The molecule has 0 N–H and O–H groups in total. The Hall–Kier alpha value is -2.55. The van der Waals surface area contributed by atoms with E-state index >= 15 is 0 Å². The van der Waals surface area contributed by atoms with Gasteiger partial charge in [-0.3, -0.25) is 4.98 Å². The summed E-state index contributed by atoms with van der Waals surface area (Å²) in [7, 11) is 2.06. The lowest BCUT2D eigenvalue weighted by atomic mass is 10.1. The Kier molecular flexibility index (Phi) is 2.39. The summed E-state index contributed by atoms with van der Waals surface area (Å²) in [5, 5.41) is 1.14. The molecule has 4 rings (SSSR count). The molecule has 0 saturated heterocycles. The van der Waals surface area contributed by atoms with E-state index in [9.17, 15) is 0 Å². The molecule has 0 spiro atoms. The van der Waals surface area contributed by atoms with E-state index in [0.29, 0.717) is 0 Å². The standard InChI is InChI=1S/C17H14N2O/c1-19-15-8-4-5-9-16(15)20-17(19)13-10-11-18-14-7-3-2-6-12(13)14/h2-11,17H,1H3. The minimum absolute atomic E-state index is 0.0969. The van der Waals surface area contributed by atoms with E-state index < -0.39 is 0 Å². The molecular formula is C17H14N2O. The van der Waals surface area contributed by atoms with Gasteiger partial charge in [-0.15, -0.1) is 0 Å². The monoisotopic (exact) mass is 262 g/mol. The zero-order valence-corrected chi connectivity index (χ0v) is 11.2. The van der Waals surface area contributed by atoms with Crippen molar-refractivity contribution in [2.75, 3.05) is 11.9 Å². The van der Waals surface area contributed by atoms with Crippen molar-refractivity contribution in [2.24, 2.45) is 0 Å². The Balaban J connectivity index is 1.86. The fourth-order valence-electron chi connectivity index (χ4n) is 2.78. The van der Waals surface area contributed by atoms with E-state index in [0.717, 1.165) is 27.9 Å². The average Bonchev–Trinajstić information content (AvgIpc) is 2.84. The van der Waals surface area contributed by atoms with Crippen LogP contribution in [0.25, 0.3) is 10.9 Å². The molecule has 3 nitrogen and oxygen atoms in total. The highest BCUT2D eigenvalue weighted by Gasteiger charge is 2.30. The maximum absolute atomic E-state index is 6.11. The van der Waals surface area contributed by atoms with Crippen LogP contribution in [0.1, 0.15) is 11.8 Å². The summed E-state index contributed by atoms with van der Waals surface area (Å²) in [4.78, 5) is 6.58. The molecule has 1 aromatic heterocycles. The van der Waals surface area contributed by atoms with Gasteiger partial charge in [-0.2, -0.15) is 0 Å². The average molecular weight is 262 g/mol. The molecule has 0 bridgehead atoms. The Labute approximate surface area is 117 Å². The van der Waals surface area contributed by atoms with E-state index in [1.54, 1.807) is 0 Å². The number of hydrogen-bond donors (Lipinski definition) is 0. The van der Waals surface area contributed by atoms with Crippen molar-refractivity contribution in [1.82, 2.24) is 4.98 Å². The van der Waals surface area contributed by atoms with Crippen LogP contribution in [0.4, 0.5) is 5.69 Å². The third-order valence-electron chi connectivity index (χ3n) is 3.78. The van der Waals surface area contributed by atoms with Crippen molar-refractivity contribution in [1.29, 1.82) is 0 Å². The van der Waals surface area contributed by atoms with Crippen LogP contribution in [-0.2, 0) is 0 Å². The van der Waals surface area contributed by atoms with Crippen molar-refractivity contribution in [2.45, 2.75) is 6.23 Å².